The second-order valence-corrected chi connectivity index (χ2v) is 4.07. The summed E-state index contributed by atoms with van der Waals surface area (Å²) in [5.41, 5.74) is 0. The van der Waals surface area contributed by atoms with E-state index in [-0.39, 0.29) is 5.75 Å². The highest BCUT2D eigenvalue weighted by Crippen LogP contribution is 1.96. The Morgan fingerprint density at radius 2 is 2.42 bits per heavy atom. The van der Waals surface area contributed by atoms with E-state index >= 15 is 0 Å². The molecule has 1 aromatic rings. The van der Waals surface area contributed by atoms with Gasteiger partial charge >= 0.3 is 0 Å². The lowest BCUT2D eigenvalue weighted by molar-refractivity contribution is 0.397. The highest BCUT2D eigenvalue weighted by molar-refractivity contribution is 7.86. The number of hydrogen-bond acceptors (Lipinski definition) is 4. The Morgan fingerprint density at radius 3 is 2.92 bits per heavy atom. The van der Waals surface area contributed by atoms with Crippen LogP contribution in [0.25, 0.3) is 0 Å². The molecule has 1 rings (SSSR count). The number of hydrogen-bond donors (Lipinski definition) is 1. The lowest BCUT2D eigenvalue weighted by Crippen LogP contribution is -2.10. The molecule has 0 atom stereocenters. The Hall–Kier alpha value is -0.880. The first-order valence-corrected chi connectivity index (χ1v) is 4.98. The summed E-state index contributed by atoms with van der Waals surface area (Å²) < 4.78 is 25.9. The molecule has 0 bridgehead atoms. The molecule has 12 heavy (non-hydrogen) atoms. The van der Waals surface area contributed by atoms with Crippen LogP contribution in [0, 0.1) is 0 Å². The SMILES string of the molecule is COS(=O)(=O)CCc1ncc[nH]1. The molecule has 68 valence electrons. The number of aromatic nitrogens is 2. The lowest BCUT2D eigenvalue weighted by atomic mass is 10.5. The molecule has 0 unspecified atom stereocenters. The minimum atomic E-state index is -3.36. The van der Waals surface area contributed by atoms with Gasteiger partial charge in [-0.05, 0) is 0 Å². The van der Waals surface area contributed by atoms with Crippen molar-refractivity contribution in [3.05, 3.63) is 18.2 Å². The minimum absolute atomic E-state index is 0.0446. The fourth-order valence-corrected chi connectivity index (χ4v) is 1.35. The summed E-state index contributed by atoms with van der Waals surface area (Å²) in [4.78, 5) is 6.68. The maximum absolute atomic E-state index is 10.8. The number of nitrogens with one attached hydrogen (secondary N) is 1. The molecule has 0 aliphatic heterocycles. The zero-order chi connectivity index (χ0) is 9.03. The summed E-state index contributed by atoms with van der Waals surface area (Å²) in [5, 5.41) is 0. The fourth-order valence-electron chi connectivity index (χ4n) is 0.740. The Balaban J connectivity index is 2.47. The van der Waals surface area contributed by atoms with Gasteiger partial charge in [0.1, 0.15) is 5.82 Å². The van der Waals surface area contributed by atoms with Crippen molar-refractivity contribution < 1.29 is 12.6 Å². The van der Waals surface area contributed by atoms with Gasteiger partial charge < -0.3 is 4.98 Å². The van der Waals surface area contributed by atoms with Crippen LogP contribution in [0.3, 0.4) is 0 Å². The van der Waals surface area contributed by atoms with E-state index in [4.69, 9.17) is 0 Å². The number of aromatic amines is 1. The van der Waals surface area contributed by atoms with E-state index in [1.165, 1.54) is 0 Å². The van der Waals surface area contributed by atoms with Crippen molar-refractivity contribution in [3.63, 3.8) is 0 Å². The van der Waals surface area contributed by atoms with Crippen LogP contribution >= 0.6 is 0 Å². The Labute approximate surface area is 70.9 Å². The topological polar surface area (TPSA) is 72.1 Å². The van der Waals surface area contributed by atoms with E-state index in [2.05, 4.69) is 14.2 Å². The van der Waals surface area contributed by atoms with Crippen LogP contribution in [-0.4, -0.2) is 31.2 Å². The van der Waals surface area contributed by atoms with Crippen LogP contribution in [0.2, 0.25) is 0 Å². The Bertz CT molecular complexity index is 317. The first kappa shape index (κ1) is 9.21. The molecule has 0 aliphatic carbocycles. The highest BCUT2D eigenvalue weighted by Gasteiger charge is 2.08. The van der Waals surface area contributed by atoms with Gasteiger partial charge in [0, 0.05) is 18.8 Å². The van der Waals surface area contributed by atoms with Gasteiger partial charge in [0.15, 0.2) is 0 Å². The first-order chi connectivity index (χ1) is 5.64. The number of nitrogens with zero attached hydrogens (tertiary/aromatic N) is 1. The Morgan fingerprint density at radius 1 is 1.67 bits per heavy atom. The van der Waals surface area contributed by atoms with Crippen LogP contribution < -0.4 is 0 Å². The largest absolute Gasteiger partial charge is 0.349 e. The predicted octanol–water partition coefficient (Wildman–Crippen LogP) is -0.0716. The lowest BCUT2D eigenvalue weighted by Gasteiger charge is -1.97. The molecule has 1 heterocycles. The summed E-state index contributed by atoms with van der Waals surface area (Å²) in [6, 6.07) is 0. The zero-order valence-electron chi connectivity index (χ0n) is 6.65. The van der Waals surface area contributed by atoms with E-state index in [1.807, 2.05) is 0 Å². The third-order valence-corrected chi connectivity index (χ3v) is 2.61. The van der Waals surface area contributed by atoms with E-state index < -0.39 is 10.1 Å². The van der Waals surface area contributed by atoms with Crippen molar-refractivity contribution in [2.24, 2.45) is 0 Å². The summed E-state index contributed by atoms with van der Waals surface area (Å²) in [6.45, 7) is 0. The number of imidazole rings is 1. The van der Waals surface area contributed by atoms with Gasteiger partial charge in [0.05, 0.1) is 12.9 Å². The smallest absolute Gasteiger partial charge is 0.267 e. The van der Waals surface area contributed by atoms with Crippen LogP contribution in [0.1, 0.15) is 5.82 Å². The normalized spacial score (nSPS) is 11.8. The maximum atomic E-state index is 10.8. The standard InChI is InChI=1S/C6H10N2O3S/c1-11-12(9,10)5-2-6-7-3-4-8-6/h3-4H,2,5H2,1H3,(H,7,8). The molecule has 0 aromatic carbocycles. The van der Waals surface area contributed by atoms with E-state index in [0.717, 1.165) is 7.11 Å². The molecule has 1 aromatic heterocycles. The van der Waals surface area contributed by atoms with Crippen molar-refractivity contribution in [2.75, 3.05) is 12.9 Å². The van der Waals surface area contributed by atoms with Crippen molar-refractivity contribution in [1.29, 1.82) is 0 Å². The minimum Gasteiger partial charge on any atom is -0.349 e. The summed E-state index contributed by atoms with van der Waals surface area (Å²) in [5.74, 6) is 0.604. The molecule has 0 amide bonds. The second kappa shape index (κ2) is 3.68. The molecule has 0 aliphatic rings. The van der Waals surface area contributed by atoms with Gasteiger partial charge in [0.25, 0.3) is 10.1 Å². The van der Waals surface area contributed by atoms with Crippen LogP contribution in [0.15, 0.2) is 12.4 Å². The van der Waals surface area contributed by atoms with Gasteiger partial charge in [0.2, 0.25) is 0 Å². The highest BCUT2D eigenvalue weighted by atomic mass is 32.2. The second-order valence-electron chi connectivity index (χ2n) is 2.21. The van der Waals surface area contributed by atoms with Crippen molar-refractivity contribution in [2.45, 2.75) is 6.42 Å². The molecule has 0 radical (unpaired) electrons. The molecule has 0 saturated heterocycles. The van der Waals surface area contributed by atoms with Crippen LogP contribution in [-0.2, 0) is 20.7 Å². The van der Waals surface area contributed by atoms with Crippen molar-refractivity contribution >= 4 is 10.1 Å². The molecule has 5 nitrogen and oxygen atoms in total. The molecular weight excluding hydrogens is 180 g/mol. The summed E-state index contributed by atoms with van der Waals surface area (Å²) in [7, 11) is -2.21. The third-order valence-electron chi connectivity index (χ3n) is 1.40. The van der Waals surface area contributed by atoms with Gasteiger partial charge in [-0.2, -0.15) is 8.42 Å². The summed E-state index contributed by atoms with van der Waals surface area (Å²) >= 11 is 0. The number of rotatable bonds is 4. The van der Waals surface area contributed by atoms with Crippen LogP contribution in [0.4, 0.5) is 0 Å². The molecule has 0 saturated carbocycles. The average molecular weight is 190 g/mol. The van der Waals surface area contributed by atoms with Gasteiger partial charge in [-0.1, -0.05) is 0 Å². The predicted molar refractivity (Wildman–Crippen MR) is 43.1 cm³/mol. The van der Waals surface area contributed by atoms with E-state index in [1.54, 1.807) is 12.4 Å². The molecule has 1 N–H and O–H groups in total. The number of H-pyrrole nitrogens is 1. The molecule has 6 heteroatoms. The third kappa shape index (κ3) is 2.63. The molecular formula is C6H10N2O3S. The van der Waals surface area contributed by atoms with Gasteiger partial charge in [-0.25, -0.2) is 4.98 Å². The van der Waals surface area contributed by atoms with Gasteiger partial charge in [-0.15, -0.1) is 0 Å². The first-order valence-electron chi connectivity index (χ1n) is 3.40. The average Bonchev–Trinajstić information content (AvgIpc) is 2.53. The zero-order valence-corrected chi connectivity index (χ0v) is 7.47. The van der Waals surface area contributed by atoms with Crippen molar-refractivity contribution in [1.82, 2.24) is 9.97 Å². The number of aryl methyl sites for hydroxylation is 1. The van der Waals surface area contributed by atoms with Crippen LogP contribution in [0.5, 0.6) is 0 Å². The maximum Gasteiger partial charge on any atom is 0.267 e. The van der Waals surface area contributed by atoms with E-state index in [9.17, 15) is 8.42 Å². The fraction of sp³-hybridized carbons (Fsp3) is 0.500. The molecule has 0 spiro atoms. The Kier molecular flexibility index (Phi) is 2.83. The van der Waals surface area contributed by atoms with E-state index in [0.29, 0.717) is 12.2 Å². The monoisotopic (exact) mass is 190 g/mol. The molecule has 0 fully saturated rings. The van der Waals surface area contributed by atoms with Crippen molar-refractivity contribution in [3.8, 4) is 0 Å². The quantitative estimate of drug-likeness (QED) is 0.674. The summed E-state index contributed by atoms with van der Waals surface area (Å²) in [6.07, 6.45) is 3.58. The van der Waals surface area contributed by atoms with Gasteiger partial charge in [-0.3, -0.25) is 4.18 Å².